The van der Waals surface area contributed by atoms with Gasteiger partial charge in [-0.15, -0.1) is 5.10 Å². The van der Waals surface area contributed by atoms with E-state index in [4.69, 9.17) is 9.47 Å². The van der Waals surface area contributed by atoms with Crippen LogP contribution < -0.4 is 4.74 Å². The van der Waals surface area contributed by atoms with Crippen molar-refractivity contribution in [3.05, 3.63) is 42.0 Å². The summed E-state index contributed by atoms with van der Waals surface area (Å²) in [7, 11) is 1.61. The molecule has 2 aromatic rings. The summed E-state index contributed by atoms with van der Waals surface area (Å²) in [4.78, 5) is 14.0. The zero-order valence-corrected chi connectivity index (χ0v) is 13.4. The van der Waals surface area contributed by atoms with Crippen molar-refractivity contribution in [2.75, 3.05) is 26.8 Å². The van der Waals surface area contributed by atoms with Gasteiger partial charge in [0.25, 0.3) is 5.91 Å². The van der Waals surface area contributed by atoms with Gasteiger partial charge in [0.1, 0.15) is 17.3 Å². The molecule has 1 aromatic heterocycles. The van der Waals surface area contributed by atoms with Crippen LogP contribution in [-0.4, -0.2) is 52.6 Å². The lowest BCUT2D eigenvalue weighted by Crippen LogP contribution is -2.33. The first-order chi connectivity index (χ1) is 11.7. The summed E-state index contributed by atoms with van der Waals surface area (Å²) in [6.07, 6.45) is 2.66. The highest BCUT2D eigenvalue weighted by atomic mass is 19.1. The van der Waals surface area contributed by atoms with Crippen LogP contribution in [0.25, 0.3) is 0 Å². The minimum atomic E-state index is -0.336. The second-order valence-electron chi connectivity index (χ2n) is 5.65. The van der Waals surface area contributed by atoms with Gasteiger partial charge in [0.2, 0.25) is 0 Å². The second-order valence-corrected chi connectivity index (χ2v) is 5.65. The molecule has 24 heavy (non-hydrogen) atoms. The lowest BCUT2D eigenvalue weighted by atomic mass is 10.3. The van der Waals surface area contributed by atoms with E-state index >= 15 is 0 Å². The Morgan fingerprint density at radius 1 is 1.38 bits per heavy atom. The molecule has 1 saturated heterocycles. The SMILES string of the molecule is COCc1cn([C@@H]2CCN(C(=O)COc3ccc(F)cc3)C2)nn1. The fourth-order valence-corrected chi connectivity index (χ4v) is 2.66. The van der Waals surface area contributed by atoms with Crippen molar-refractivity contribution < 1.29 is 18.7 Å². The van der Waals surface area contributed by atoms with Gasteiger partial charge >= 0.3 is 0 Å². The highest BCUT2D eigenvalue weighted by molar-refractivity contribution is 5.78. The molecule has 2 heterocycles. The minimum absolute atomic E-state index is 0.0648. The third-order valence-electron chi connectivity index (χ3n) is 3.92. The number of carbonyl (C=O) groups excluding carboxylic acids is 1. The molecule has 0 bridgehead atoms. The van der Waals surface area contributed by atoms with E-state index in [0.29, 0.717) is 25.4 Å². The highest BCUT2D eigenvalue weighted by Gasteiger charge is 2.28. The normalized spacial score (nSPS) is 17.2. The number of aromatic nitrogens is 3. The molecule has 8 heteroatoms. The van der Waals surface area contributed by atoms with Gasteiger partial charge in [-0.2, -0.15) is 0 Å². The number of hydrogen-bond donors (Lipinski definition) is 0. The Morgan fingerprint density at radius 3 is 2.92 bits per heavy atom. The number of rotatable bonds is 6. The quantitative estimate of drug-likeness (QED) is 0.799. The Hall–Kier alpha value is -2.48. The zero-order chi connectivity index (χ0) is 16.9. The van der Waals surface area contributed by atoms with Gasteiger partial charge in [0, 0.05) is 20.2 Å². The zero-order valence-electron chi connectivity index (χ0n) is 13.4. The number of carbonyl (C=O) groups is 1. The van der Waals surface area contributed by atoms with Crippen molar-refractivity contribution in [1.82, 2.24) is 19.9 Å². The summed E-state index contributed by atoms with van der Waals surface area (Å²) in [6, 6.07) is 5.71. The molecule has 0 saturated carbocycles. The standard InChI is InChI=1S/C16H19FN4O3/c1-23-10-13-8-21(19-18-13)14-6-7-20(9-14)16(22)11-24-15-4-2-12(17)3-5-15/h2-5,8,14H,6-7,9-11H2,1H3/t14-/m1/s1. The van der Waals surface area contributed by atoms with Gasteiger partial charge in [0.15, 0.2) is 6.61 Å². The van der Waals surface area contributed by atoms with Crippen molar-refractivity contribution in [3.63, 3.8) is 0 Å². The van der Waals surface area contributed by atoms with Crippen molar-refractivity contribution >= 4 is 5.91 Å². The Labute approximate surface area is 139 Å². The Balaban J connectivity index is 1.50. The minimum Gasteiger partial charge on any atom is -0.484 e. The molecule has 0 aliphatic carbocycles. The smallest absolute Gasteiger partial charge is 0.260 e. The van der Waals surface area contributed by atoms with E-state index in [9.17, 15) is 9.18 Å². The fraction of sp³-hybridized carbons (Fsp3) is 0.438. The van der Waals surface area contributed by atoms with Crippen LogP contribution in [0.15, 0.2) is 30.5 Å². The van der Waals surface area contributed by atoms with Crippen molar-refractivity contribution in [2.24, 2.45) is 0 Å². The van der Waals surface area contributed by atoms with E-state index < -0.39 is 0 Å². The lowest BCUT2D eigenvalue weighted by Gasteiger charge is -2.16. The molecule has 3 rings (SSSR count). The first-order valence-corrected chi connectivity index (χ1v) is 7.71. The Bertz CT molecular complexity index is 689. The molecule has 7 nitrogen and oxygen atoms in total. The number of halogens is 1. The summed E-state index contributed by atoms with van der Waals surface area (Å²) in [6.45, 7) is 1.57. The van der Waals surface area contributed by atoms with E-state index in [2.05, 4.69) is 10.3 Å². The molecule has 0 unspecified atom stereocenters. The third-order valence-corrected chi connectivity index (χ3v) is 3.92. The lowest BCUT2D eigenvalue weighted by molar-refractivity contribution is -0.132. The number of amides is 1. The fourth-order valence-electron chi connectivity index (χ4n) is 2.66. The number of hydrogen-bond acceptors (Lipinski definition) is 5. The maximum atomic E-state index is 12.8. The van der Waals surface area contributed by atoms with Gasteiger partial charge in [-0.1, -0.05) is 5.21 Å². The van der Waals surface area contributed by atoms with E-state index in [1.807, 2.05) is 6.20 Å². The molecule has 0 N–H and O–H groups in total. The summed E-state index contributed by atoms with van der Waals surface area (Å²) in [5, 5.41) is 8.13. The molecule has 1 fully saturated rings. The van der Waals surface area contributed by atoms with E-state index in [1.54, 1.807) is 16.7 Å². The average Bonchev–Trinajstić information content (AvgIpc) is 3.23. The molecule has 1 aromatic carbocycles. The monoisotopic (exact) mass is 334 g/mol. The molecular formula is C16H19FN4O3. The van der Waals surface area contributed by atoms with E-state index in [1.165, 1.54) is 24.3 Å². The van der Waals surface area contributed by atoms with Crippen LogP contribution in [0.4, 0.5) is 4.39 Å². The first-order valence-electron chi connectivity index (χ1n) is 7.71. The van der Waals surface area contributed by atoms with Crippen LogP contribution in [0.5, 0.6) is 5.75 Å². The number of likely N-dealkylation sites (tertiary alicyclic amines) is 1. The van der Waals surface area contributed by atoms with Crippen molar-refractivity contribution in [1.29, 1.82) is 0 Å². The largest absolute Gasteiger partial charge is 0.484 e. The molecule has 1 amide bonds. The van der Waals surface area contributed by atoms with Gasteiger partial charge in [0.05, 0.1) is 18.8 Å². The number of methoxy groups -OCH3 is 1. The predicted octanol–water partition coefficient (Wildman–Crippen LogP) is 1.42. The first kappa shape index (κ1) is 16.4. The predicted molar refractivity (Wildman–Crippen MR) is 82.9 cm³/mol. The van der Waals surface area contributed by atoms with Crippen LogP contribution in [0, 0.1) is 5.82 Å². The molecular weight excluding hydrogens is 315 g/mol. The topological polar surface area (TPSA) is 69.5 Å². The maximum Gasteiger partial charge on any atom is 0.260 e. The third kappa shape index (κ3) is 3.88. The summed E-state index contributed by atoms with van der Waals surface area (Å²) in [5.41, 5.74) is 0.766. The van der Waals surface area contributed by atoms with Crippen LogP contribution in [0.2, 0.25) is 0 Å². The van der Waals surface area contributed by atoms with Gasteiger partial charge in [-0.05, 0) is 30.7 Å². The van der Waals surface area contributed by atoms with Crippen LogP contribution in [0.3, 0.4) is 0 Å². The Morgan fingerprint density at radius 2 is 2.17 bits per heavy atom. The van der Waals surface area contributed by atoms with Crippen LogP contribution in [-0.2, 0) is 16.1 Å². The maximum absolute atomic E-state index is 12.8. The highest BCUT2D eigenvalue weighted by Crippen LogP contribution is 2.21. The van der Waals surface area contributed by atoms with Gasteiger partial charge < -0.3 is 14.4 Å². The molecule has 1 aliphatic heterocycles. The molecule has 128 valence electrons. The van der Waals surface area contributed by atoms with Crippen molar-refractivity contribution in [3.8, 4) is 5.75 Å². The molecule has 0 radical (unpaired) electrons. The second kappa shape index (κ2) is 7.39. The summed E-state index contributed by atoms with van der Waals surface area (Å²) in [5.74, 6) is 0.0387. The summed E-state index contributed by atoms with van der Waals surface area (Å²) < 4.78 is 25.0. The number of benzene rings is 1. The molecule has 0 spiro atoms. The molecule has 1 atom stereocenters. The average molecular weight is 334 g/mol. The summed E-state index contributed by atoms with van der Waals surface area (Å²) >= 11 is 0. The Kier molecular flexibility index (Phi) is 5.05. The van der Waals surface area contributed by atoms with Gasteiger partial charge in [-0.3, -0.25) is 4.79 Å². The van der Waals surface area contributed by atoms with E-state index in [0.717, 1.165) is 12.1 Å². The number of nitrogens with zero attached hydrogens (tertiary/aromatic N) is 4. The van der Waals surface area contributed by atoms with Crippen LogP contribution >= 0.6 is 0 Å². The van der Waals surface area contributed by atoms with Gasteiger partial charge in [-0.25, -0.2) is 9.07 Å². The van der Waals surface area contributed by atoms with Crippen molar-refractivity contribution in [2.45, 2.75) is 19.1 Å². The van der Waals surface area contributed by atoms with E-state index in [-0.39, 0.29) is 24.4 Å². The number of ether oxygens (including phenoxy) is 2. The molecule has 1 aliphatic rings. The van der Waals surface area contributed by atoms with Crippen LogP contribution in [0.1, 0.15) is 18.2 Å².